The maximum Gasteiger partial charge on any atom is 0.229 e. The molecule has 0 bridgehead atoms. The third-order valence-corrected chi connectivity index (χ3v) is 3.76. The van der Waals surface area contributed by atoms with E-state index >= 15 is 0 Å². The van der Waals surface area contributed by atoms with Crippen LogP contribution < -0.4 is 25.4 Å². The summed E-state index contributed by atoms with van der Waals surface area (Å²) in [4.78, 5) is 19.9. The van der Waals surface area contributed by atoms with Gasteiger partial charge in [0.2, 0.25) is 11.9 Å². The molecule has 3 N–H and O–H groups in total. The fourth-order valence-electron chi connectivity index (χ4n) is 2.55. The molecule has 3 aromatic rings. The molecular formula is C20H21N5O3. The van der Waals surface area contributed by atoms with E-state index in [0.29, 0.717) is 34.6 Å². The zero-order valence-electron chi connectivity index (χ0n) is 15.8. The molecule has 0 aliphatic heterocycles. The van der Waals surface area contributed by atoms with Crippen molar-refractivity contribution in [1.82, 2.24) is 9.97 Å². The van der Waals surface area contributed by atoms with E-state index in [2.05, 4.69) is 25.9 Å². The fraction of sp³-hybridized carbons (Fsp3) is 0.150. The molecule has 0 unspecified atom stereocenters. The first-order valence-electron chi connectivity index (χ1n) is 8.54. The summed E-state index contributed by atoms with van der Waals surface area (Å²) in [5, 5.41) is 9.08. The van der Waals surface area contributed by atoms with E-state index in [0.717, 1.165) is 5.69 Å². The second-order valence-corrected chi connectivity index (χ2v) is 5.84. The third-order valence-electron chi connectivity index (χ3n) is 3.76. The van der Waals surface area contributed by atoms with E-state index in [1.165, 1.54) is 6.92 Å². The molecule has 0 radical (unpaired) electrons. The number of amides is 1. The highest BCUT2D eigenvalue weighted by molar-refractivity contribution is 5.89. The first-order valence-corrected chi connectivity index (χ1v) is 8.54. The minimum absolute atomic E-state index is 0.127. The number of nitrogens with one attached hydrogen (secondary N) is 3. The van der Waals surface area contributed by atoms with Crippen LogP contribution in [0.1, 0.15) is 6.92 Å². The molecule has 2 aromatic carbocycles. The Bertz CT molecular complexity index is 978. The van der Waals surface area contributed by atoms with Crippen LogP contribution in [-0.2, 0) is 4.79 Å². The summed E-state index contributed by atoms with van der Waals surface area (Å²) in [6.45, 7) is 1.47. The molecule has 1 heterocycles. The number of rotatable bonds is 7. The van der Waals surface area contributed by atoms with Crippen LogP contribution in [0.15, 0.2) is 54.7 Å². The Morgan fingerprint density at radius 1 is 0.964 bits per heavy atom. The number of carbonyl (C=O) groups is 1. The summed E-state index contributed by atoms with van der Waals surface area (Å²) < 4.78 is 10.6. The van der Waals surface area contributed by atoms with Gasteiger partial charge in [-0.25, -0.2) is 4.98 Å². The van der Waals surface area contributed by atoms with Gasteiger partial charge in [-0.05, 0) is 36.4 Å². The van der Waals surface area contributed by atoms with Gasteiger partial charge in [-0.2, -0.15) is 4.98 Å². The van der Waals surface area contributed by atoms with Gasteiger partial charge in [-0.15, -0.1) is 0 Å². The molecule has 1 aromatic heterocycles. The standard InChI is InChI=1S/C20H21N5O3/c1-13(26)22-14-5-4-6-15(11-14)23-19-9-10-21-20(25-19)24-17-12-16(27-2)7-8-18(17)28-3/h4-12H,1-3H3,(H,22,26)(H2,21,23,24,25). The van der Waals surface area contributed by atoms with Crippen LogP contribution >= 0.6 is 0 Å². The van der Waals surface area contributed by atoms with Crippen LogP contribution in [0.5, 0.6) is 11.5 Å². The lowest BCUT2D eigenvalue weighted by molar-refractivity contribution is -0.114. The Morgan fingerprint density at radius 3 is 2.54 bits per heavy atom. The summed E-state index contributed by atoms with van der Waals surface area (Å²) in [6, 6.07) is 14.5. The molecular weight excluding hydrogens is 358 g/mol. The SMILES string of the molecule is COc1ccc(OC)c(Nc2nccc(Nc3cccc(NC(C)=O)c3)n2)c1. The number of methoxy groups -OCH3 is 2. The predicted octanol–water partition coefficient (Wildman–Crippen LogP) is 3.94. The van der Waals surface area contributed by atoms with Gasteiger partial charge in [0.05, 0.1) is 19.9 Å². The number of hydrogen-bond donors (Lipinski definition) is 3. The lowest BCUT2D eigenvalue weighted by Gasteiger charge is -2.13. The molecule has 3 rings (SSSR count). The highest BCUT2D eigenvalue weighted by atomic mass is 16.5. The van der Waals surface area contributed by atoms with Crippen molar-refractivity contribution < 1.29 is 14.3 Å². The first-order chi connectivity index (χ1) is 13.6. The topological polar surface area (TPSA) is 97.4 Å². The Labute approximate surface area is 162 Å². The number of hydrogen-bond acceptors (Lipinski definition) is 7. The van der Waals surface area contributed by atoms with Crippen LogP contribution in [0.25, 0.3) is 0 Å². The second kappa shape index (κ2) is 8.72. The minimum atomic E-state index is -0.127. The largest absolute Gasteiger partial charge is 0.497 e. The van der Waals surface area contributed by atoms with Crippen LogP contribution in [0.4, 0.5) is 28.8 Å². The average Bonchev–Trinajstić information content (AvgIpc) is 2.68. The summed E-state index contributed by atoms with van der Waals surface area (Å²) in [5.41, 5.74) is 2.17. The number of aromatic nitrogens is 2. The lowest BCUT2D eigenvalue weighted by atomic mass is 10.2. The van der Waals surface area contributed by atoms with Crippen molar-refractivity contribution in [2.24, 2.45) is 0 Å². The van der Waals surface area contributed by atoms with Crippen molar-refractivity contribution in [2.45, 2.75) is 6.92 Å². The van der Waals surface area contributed by atoms with Gasteiger partial charge in [0.1, 0.15) is 17.3 Å². The predicted molar refractivity (Wildman–Crippen MR) is 109 cm³/mol. The monoisotopic (exact) mass is 379 g/mol. The minimum Gasteiger partial charge on any atom is -0.497 e. The van der Waals surface area contributed by atoms with E-state index in [4.69, 9.17) is 9.47 Å². The van der Waals surface area contributed by atoms with Gasteiger partial charge in [-0.1, -0.05) is 6.07 Å². The molecule has 144 valence electrons. The van der Waals surface area contributed by atoms with E-state index < -0.39 is 0 Å². The lowest BCUT2D eigenvalue weighted by Crippen LogP contribution is -2.06. The molecule has 0 saturated carbocycles. The highest BCUT2D eigenvalue weighted by Crippen LogP contribution is 2.31. The smallest absolute Gasteiger partial charge is 0.229 e. The molecule has 0 fully saturated rings. The summed E-state index contributed by atoms with van der Waals surface area (Å²) in [7, 11) is 3.19. The van der Waals surface area contributed by atoms with E-state index in [1.807, 2.05) is 30.3 Å². The zero-order valence-corrected chi connectivity index (χ0v) is 15.8. The molecule has 28 heavy (non-hydrogen) atoms. The van der Waals surface area contributed by atoms with Crippen molar-refractivity contribution >= 4 is 34.7 Å². The van der Waals surface area contributed by atoms with Crippen molar-refractivity contribution in [3.63, 3.8) is 0 Å². The summed E-state index contributed by atoms with van der Waals surface area (Å²) in [6.07, 6.45) is 1.64. The number of nitrogens with zero attached hydrogens (tertiary/aromatic N) is 2. The van der Waals surface area contributed by atoms with Crippen LogP contribution in [0, 0.1) is 0 Å². The van der Waals surface area contributed by atoms with Gasteiger partial charge >= 0.3 is 0 Å². The number of carbonyl (C=O) groups excluding carboxylic acids is 1. The van der Waals surface area contributed by atoms with Crippen LogP contribution in [0.3, 0.4) is 0 Å². The molecule has 0 aliphatic rings. The normalized spacial score (nSPS) is 10.1. The molecule has 0 atom stereocenters. The van der Waals surface area contributed by atoms with Gasteiger partial charge in [0.25, 0.3) is 0 Å². The maximum absolute atomic E-state index is 11.2. The Kier molecular flexibility index (Phi) is 5.91. The molecule has 8 heteroatoms. The summed E-state index contributed by atoms with van der Waals surface area (Å²) >= 11 is 0. The van der Waals surface area contributed by atoms with E-state index in [1.54, 1.807) is 38.6 Å². The van der Waals surface area contributed by atoms with Gasteiger partial charge in [-0.3, -0.25) is 4.79 Å². The first kappa shape index (κ1) is 19.0. The Morgan fingerprint density at radius 2 is 1.79 bits per heavy atom. The van der Waals surface area contributed by atoms with Gasteiger partial charge in [0, 0.05) is 30.6 Å². The van der Waals surface area contributed by atoms with Crippen LogP contribution in [-0.4, -0.2) is 30.1 Å². The second-order valence-electron chi connectivity index (χ2n) is 5.84. The van der Waals surface area contributed by atoms with Crippen molar-refractivity contribution in [2.75, 3.05) is 30.2 Å². The number of benzene rings is 2. The fourth-order valence-corrected chi connectivity index (χ4v) is 2.55. The Balaban J connectivity index is 1.79. The molecule has 1 amide bonds. The Hall–Kier alpha value is -3.81. The molecule has 0 saturated heterocycles. The molecule has 0 spiro atoms. The van der Waals surface area contributed by atoms with Crippen molar-refractivity contribution in [1.29, 1.82) is 0 Å². The molecule has 0 aliphatic carbocycles. The number of anilines is 5. The van der Waals surface area contributed by atoms with Crippen LogP contribution in [0.2, 0.25) is 0 Å². The quantitative estimate of drug-likeness (QED) is 0.572. The van der Waals surface area contributed by atoms with Gasteiger partial charge < -0.3 is 25.4 Å². The summed E-state index contributed by atoms with van der Waals surface area (Å²) in [5.74, 6) is 2.20. The average molecular weight is 379 g/mol. The van der Waals surface area contributed by atoms with Crippen molar-refractivity contribution in [3.05, 3.63) is 54.7 Å². The highest BCUT2D eigenvalue weighted by Gasteiger charge is 2.08. The number of ether oxygens (including phenoxy) is 2. The van der Waals surface area contributed by atoms with E-state index in [-0.39, 0.29) is 5.91 Å². The third kappa shape index (κ3) is 4.88. The van der Waals surface area contributed by atoms with Gasteiger partial charge in [0.15, 0.2) is 0 Å². The maximum atomic E-state index is 11.2. The van der Waals surface area contributed by atoms with E-state index in [9.17, 15) is 4.79 Å². The van der Waals surface area contributed by atoms with Crippen molar-refractivity contribution in [3.8, 4) is 11.5 Å². The molecule has 8 nitrogen and oxygen atoms in total. The zero-order chi connectivity index (χ0) is 19.9.